The van der Waals surface area contributed by atoms with E-state index in [1.165, 1.54) is 12.1 Å². The van der Waals surface area contributed by atoms with Crippen molar-refractivity contribution >= 4 is 27.1 Å². The van der Waals surface area contributed by atoms with Gasteiger partial charge in [0.25, 0.3) is 5.91 Å². The zero-order chi connectivity index (χ0) is 13.3. The molecular weight excluding hydrogens is 270 g/mol. The highest BCUT2D eigenvalue weighted by Gasteiger charge is 2.24. The highest BCUT2D eigenvalue weighted by molar-refractivity contribution is 7.91. The van der Waals surface area contributed by atoms with E-state index in [0.717, 1.165) is 16.9 Å². The number of carbonyl (C=O) groups is 1. The third-order valence-corrected chi connectivity index (χ3v) is 5.29. The van der Waals surface area contributed by atoms with E-state index in [1.807, 2.05) is 13.0 Å². The lowest BCUT2D eigenvalue weighted by molar-refractivity contribution is 0.100. The summed E-state index contributed by atoms with van der Waals surface area (Å²) in [6.45, 7) is 1.81. The Balaban J connectivity index is 2.62. The van der Waals surface area contributed by atoms with Crippen molar-refractivity contribution in [2.45, 2.75) is 16.7 Å². The Morgan fingerprint density at radius 2 is 2.00 bits per heavy atom. The Bertz CT molecular complexity index is 702. The van der Waals surface area contributed by atoms with Crippen molar-refractivity contribution in [3.05, 3.63) is 46.2 Å². The van der Waals surface area contributed by atoms with Gasteiger partial charge >= 0.3 is 0 Å². The smallest absolute Gasteiger partial charge is 0.260 e. The van der Waals surface area contributed by atoms with Gasteiger partial charge in [-0.25, -0.2) is 8.42 Å². The summed E-state index contributed by atoms with van der Waals surface area (Å²) in [6, 6.07) is 7.95. The summed E-state index contributed by atoms with van der Waals surface area (Å²) in [7, 11) is -3.68. The highest BCUT2D eigenvalue weighted by atomic mass is 32.2. The standard InChI is InChI=1S/C12H11NO3S2/c1-8-3-2-4-9(7-8)18(15,16)10-5-6-17-11(10)12(13)14/h2-7H,1H3,(H2,13,14). The summed E-state index contributed by atoms with van der Waals surface area (Å²) in [5, 5.41) is 1.54. The van der Waals surface area contributed by atoms with Crippen LogP contribution in [0.5, 0.6) is 0 Å². The molecule has 0 aliphatic carbocycles. The minimum absolute atomic E-state index is 0.0226. The van der Waals surface area contributed by atoms with Crippen molar-refractivity contribution in [3.8, 4) is 0 Å². The molecule has 0 spiro atoms. The van der Waals surface area contributed by atoms with Crippen molar-refractivity contribution in [1.82, 2.24) is 0 Å². The molecule has 1 aromatic carbocycles. The molecule has 2 N–H and O–H groups in total. The maximum Gasteiger partial charge on any atom is 0.260 e. The number of carbonyl (C=O) groups excluding carboxylic acids is 1. The molecule has 6 heteroatoms. The molecule has 0 saturated heterocycles. The predicted molar refractivity (Wildman–Crippen MR) is 69.5 cm³/mol. The first-order valence-corrected chi connectivity index (χ1v) is 7.48. The summed E-state index contributed by atoms with van der Waals surface area (Å²) in [5.74, 6) is -0.726. The van der Waals surface area contributed by atoms with E-state index in [1.54, 1.807) is 17.5 Å². The monoisotopic (exact) mass is 281 g/mol. The fourth-order valence-electron chi connectivity index (χ4n) is 1.60. The van der Waals surface area contributed by atoms with Gasteiger partial charge in [-0.1, -0.05) is 12.1 Å². The van der Waals surface area contributed by atoms with E-state index in [0.29, 0.717) is 0 Å². The van der Waals surface area contributed by atoms with Crippen LogP contribution in [0.3, 0.4) is 0 Å². The van der Waals surface area contributed by atoms with E-state index < -0.39 is 15.7 Å². The predicted octanol–water partition coefficient (Wildman–Crippen LogP) is 1.99. The number of thiophene rings is 1. The number of benzene rings is 1. The summed E-state index contributed by atoms with van der Waals surface area (Å²) in [4.78, 5) is 11.4. The van der Waals surface area contributed by atoms with Gasteiger partial charge in [0.15, 0.2) is 0 Å². The van der Waals surface area contributed by atoms with Crippen LogP contribution in [0.15, 0.2) is 45.5 Å². The van der Waals surface area contributed by atoms with E-state index in [-0.39, 0.29) is 14.7 Å². The molecule has 18 heavy (non-hydrogen) atoms. The Morgan fingerprint density at radius 1 is 1.28 bits per heavy atom. The molecule has 0 saturated carbocycles. The molecule has 1 heterocycles. The van der Waals surface area contributed by atoms with Crippen LogP contribution in [-0.2, 0) is 9.84 Å². The van der Waals surface area contributed by atoms with Gasteiger partial charge in [0.2, 0.25) is 9.84 Å². The van der Waals surface area contributed by atoms with Crippen LogP contribution in [0.25, 0.3) is 0 Å². The average molecular weight is 281 g/mol. The van der Waals surface area contributed by atoms with Gasteiger partial charge in [0.05, 0.1) is 9.79 Å². The molecule has 1 aromatic heterocycles. The molecular formula is C12H11NO3S2. The molecule has 0 aliphatic heterocycles. The van der Waals surface area contributed by atoms with Gasteiger partial charge in [0, 0.05) is 0 Å². The van der Waals surface area contributed by atoms with Crippen LogP contribution in [0.1, 0.15) is 15.2 Å². The van der Waals surface area contributed by atoms with Crippen LogP contribution < -0.4 is 5.73 Å². The lowest BCUT2D eigenvalue weighted by atomic mass is 10.2. The Hall–Kier alpha value is -1.66. The number of aryl methyl sites for hydroxylation is 1. The molecule has 1 amide bonds. The third kappa shape index (κ3) is 2.16. The Labute approximate surface area is 109 Å². The van der Waals surface area contributed by atoms with Crippen molar-refractivity contribution in [2.75, 3.05) is 0 Å². The third-order valence-electron chi connectivity index (χ3n) is 2.44. The van der Waals surface area contributed by atoms with Crippen molar-refractivity contribution in [1.29, 1.82) is 0 Å². The SMILES string of the molecule is Cc1cccc(S(=O)(=O)c2ccsc2C(N)=O)c1. The molecule has 4 nitrogen and oxygen atoms in total. The summed E-state index contributed by atoms with van der Waals surface area (Å²) in [6.07, 6.45) is 0. The molecule has 0 unspecified atom stereocenters. The normalized spacial score (nSPS) is 11.4. The van der Waals surface area contributed by atoms with Crippen LogP contribution >= 0.6 is 11.3 Å². The zero-order valence-electron chi connectivity index (χ0n) is 9.58. The van der Waals surface area contributed by atoms with Crippen LogP contribution in [-0.4, -0.2) is 14.3 Å². The maximum absolute atomic E-state index is 12.4. The zero-order valence-corrected chi connectivity index (χ0v) is 11.2. The molecule has 0 bridgehead atoms. The second-order valence-corrected chi connectivity index (χ2v) is 6.63. The van der Waals surface area contributed by atoms with E-state index in [9.17, 15) is 13.2 Å². The Morgan fingerprint density at radius 3 is 2.61 bits per heavy atom. The Kier molecular flexibility index (Phi) is 3.23. The molecule has 2 aromatic rings. The molecule has 94 valence electrons. The van der Waals surface area contributed by atoms with Gasteiger partial charge in [-0.2, -0.15) is 0 Å². The van der Waals surface area contributed by atoms with Gasteiger partial charge < -0.3 is 5.73 Å². The topological polar surface area (TPSA) is 77.2 Å². The number of hydrogen-bond acceptors (Lipinski definition) is 4. The molecule has 0 radical (unpaired) electrons. The van der Waals surface area contributed by atoms with Gasteiger partial charge in [-0.05, 0) is 36.1 Å². The highest BCUT2D eigenvalue weighted by Crippen LogP contribution is 2.27. The first-order chi connectivity index (χ1) is 8.43. The summed E-state index contributed by atoms with van der Waals surface area (Å²) in [5.41, 5.74) is 6.01. The number of rotatable bonds is 3. The minimum Gasteiger partial charge on any atom is -0.365 e. The summed E-state index contributed by atoms with van der Waals surface area (Å²) >= 11 is 1.03. The van der Waals surface area contributed by atoms with Gasteiger partial charge in [-0.15, -0.1) is 11.3 Å². The average Bonchev–Trinajstić information content (AvgIpc) is 2.78. The number of sulfone groups is 1. The van der Waals surface area contributed by atoms with E-state index in [4.69, 9.17) is 5.73 Å². The van der Waals surface area contributed by atoms with Crippen LogP contribution in [0.2, 0.25) is 0 Å². The maximum atomic E-state index is 12.4. The van der Waals surface area contributed by atoms with E-state index in [2.05, 4.69) is 0 Å². The second kappa shape index (κ2) is 4.55. The van der Waals surface area contributed by atoms with Crippen molar-refractivity contribution in [3.63, 3.8) is 0 Å². The number of primary amides is 1. The lowest BCUT2D eigenvalue weighted by Crippen LogP contribution is -2.13. The van der Waals surface area contributed by atoms with Gasteiger partial charge in [-0.3, -0.25) is 4.79 Å². The van der Waals surface area contributed by atoms with Crippen LogP contribution in [0.4, 0.5) is 0 Å². The fraction of sp³-hybridized carbons (Fsp3) is 0.0833. The summed E-state index contributed by atoms with van der Waals surface area (Å²) < 4.78 is 24.7. The van der Waals surface area contributed by atoms with E-state index >= 15 is 0 Å². The van der Waals surface area contributed by atoms with Crippen LogP contribution in [0, 0.1) is 6.92 Å². The largest absolute Gasteiger partial charge is 0.365 e. The first-order valence-electron chi connectivity index (χ1n) is 5.12. The number of hydrogen-bond donors (Lipinski definition) is 1. The lowest BCUT2D eigenvalue weighted by Gasteiger charge is -2.05. The number of nitrogens with two attached hydrogens (primary N) is 1. The molecule has 0 atom stereocenters. The molecule has 0 fully saturated rings. The van der Waals surface area contributed by atoms with Crippen molar-refractivity contribution in [2.24, 2.45) is 5.73 Å². The van der Waals surface area contributed by atoms with Crippen molar-refractivity contribution < 1.29 is 13.2 Å². The number of amides is 1. The first kappa shape index (κ1) is 12.8. The molecule has 0 aliphatic rings. The van der Waals surface area contributed by atoms with Gasteiger partial charge in [0.1, 0.15) is 4.88 Å². The fourth-order valence-corrected chi connectivity index (χ4v) is 4.24. The quantitative estimate of drug-likeness (QED) is 0.934. The molecule has 2 rings (SSSR count). The second-order valence-electron chi connectivity index (χ2n) is 3.80. The minimum atomic E-state index is -3.68.